The van der Waals surface area contributed by atoms with Crippen molar-refractivity contribution in [3.8, 4) is 0 Å². The molecule has 5 heteroatoms. The Hall–Kier alpha value is -2.82. The average molecular weight is 323 g/mol. The summed E-state index contributed by atoms with van der Waals surface area (Å²) in [6.45, 7) is 3.11. The van der Waals surface area contributed by atoms with Gasteiger partial charge in [0.15, 0.2) is 0 Å². The molecule has 1 aliphatic heterocycles. The Labute approximate surface area is 141 Å². The third kappa shape index (κ3) is 3.93. The maximum absolute atomic E-state index is 12.2. The Bertz CT molecular complexity index is 713. The minimum atomic E-state index is -0.246. The van der Waals surface area contributed by atoms with E-state index in [2.05, 4.69) is 10.6 Å². The molecule has 0 radical (unpaired) electrons. The van der Waals surface area contributed by atoms with E-state index in [1.165, 1.54) is 0 Å². The van der Waals surface area contributed by atoms with Gasteiger partial charge in [-0.3, -0.25) is 4.79 Å². The number of hydrogen-bond acceptors (Lipinski definition) is 2. The lowest BCUT2D eigenvalue weighted by Gasteiger charge is -2.17. The van der Waals surface area contributed by atoms with Gasteiger partial charge in [0.25, 0.3) is 0 Å². The first kappa shape index (κ1) is 16.1. The van der Waals surface area contributed by atoms with Gasteiger partial charge in [0.2, 0.25) is 5.91 Å². The summed E-state index contributed by atoms with van der Waals surface area (Å²) in [5.41, 5.74) is 2.81. The van der Waals surface area contributed by atoms with E-state index in [1.54, 1.807) is 4.90 Å². The molecule has 2 aromatic carbocycles. The van der Waals surface area contributed by atoms with E-state index in [0.717, 1.165) is 16.9 Å². The first-order valence-corrected chi connectivity index (χ1v) is 8.09. The molecule has 1 saturated heterocycles. The second-order valence-electron chi connectivity index (χ2n) is 6.11. The van der Waals surface area contributed by atoms with Gasteiger partial charge in [-0.1, -0.05) is 35.9 Å². The van der Waals surface area contributed by atoms with E-state index in [1.807, 2.05) is 61.5 Å². The Morgan fingerprint density at radius 2 is 1.83 bits per heavy atom. The molecule has 0 saturated carbocycles. The van der Waals surface area contributed by atoms with Crippen LogP contribution in [0.4, 0.5) is 16.2 Å². The van der Waals surface area contributed by atoms with Crippen LogP contribution in [-0.2, 0) is 4.79 Å². The second-order valence-corrected chi connectivity index (χ2v) is 6.11. The van der Waals surface area contributed by atoms with Crippen molar-refractivity contribution in [2.24, 2.45) is 5.92 Å². The zero-order valence-electron chi connectivity index (χ0n) is 13.7. The van der Waals surface area contributed by atoms with E-state index in [9.17, 15) is 9.59 Å². The molecule has 0 unspecified atom stereocenters. The predicted molar refractivity (Wildman–Crippen MR) is 95.1 cm³/mol. The summed E-state index contributed by atoms with van der Waals surface area (Å²) in [5, 5.41) is 5.65. The third-order valence-corrected chi connectivity index (χ3v) is 4.13. The van der Waals surface area contributed by atoms with Crippen LogP contribution in [0, 0.1) is 12.8 Å². The smallest absolute Gasteiger partial charge is 0.319 e. The normalized spacial score (nSPS) is 17.0. The number of rotatable bonds is 4. The van der Waals surface area contributed by atoms with Gasteiger partial charge in [-0.05, 0) is 31.2 Å². The van der Waals surface area contributed by atoms with E-state index in [0.29, 0.717) is 19.5 Å². The van der Waals surface area contributed by atoms with Crippen molar-refractivity contribution in [2.45, 2.75) is 13.3 Å². The molecule has 1 heterocycles. The molecule has 1 fully saturated rings. The summed E-state index contributed by atoms with van der Waals surface area (Å²) in [4.78, 5) is 25.9. The summed E-state index contributed by atoms with van der Waals surface area (Å²) in [6, 6.07) is 17.0. The topological polar surface area (TPSA) is 61.4 Å². The van der Waals surface area contributed by atoms with Gasteiger partial charge >= 0.3 is 6.03 Å². The zero-order chi connectivity index (χ0) is 16.9. The van der Waals surface area contributed by atoms with Crippen molar-refractivity contribution < 1.29 is 9.59 Å². The van der Waals surface area contributed by atoms with Crippen LogP contribution in [0.2, 0.25) is 0 Å². The summed E-state index contributed by atoms with van der Waals surface area (Å²) < 4.78 is 0. The van der Waals surface area contributed by atoms with Crippen LogP contribution in [-0.4, -0.2) is 25.0 Å². The van der Waals surface area contributed by atoms with Crippen LogP contribution >= 0.6 is 0 Å². The van der Waals surface area contributed by atoms with Crippen molar-refractivity contribution in [1.29, 1.82) is 0 Å². The van der Waals surface area contributed by atoms with E-state index >= 15 is 0 Å². The fourth-order valence-electron chi connectivity index (χ4n) is 2.82. The first-order valence-electron chi connectivity index (χ1n) is 8.09. The van der Waals surface area contributed by atoms with Crippen molar-refractivity contribution in [1.82, 2.24) is 5.32 Å². The number of carbonyl (C=O) groups is 2. The molecule has 3 amide bonds. The number of urea groups is 1. The van der Waals surface area contributed by atoms with Crippen LogP contribution in [0.1, 0.15) is 12.0 Å². The molecule has 3 rings (SSSR count). The molecule has 1 atom stereocenters. The van der Waals surface area contributed by atoms with Crippen molar-refractivity contribution in [3.05, 3.63) is 60.2 Å². The van der Waals surface area contributed by atoms with Gasteiger partial charge < -0.3 is 15.5 Å². The molecule has 5 nitrogen and oxygen atoms in total. The average Bonchev–Trinajstić information content (AvgIpc) is 2.97. The van der Waals surface area contributed by atoms with Gasteiger partial charge in [0, 0.05) is 36.8 Å². The number of anilines is 2. The predicted octanol–water partition coefficient (Wildman–Crippen LogP) is 3.17. The molecule has 0 aromatic heterocycles. The summed E-state index contributed by atoms with van der Waals surface area (Å²) >= 11 is 0. The number of para-hydroxylation sites is 1. The highest BCUT2D eigenvalue weighted by Crippen LogP contribution is 2.24. The van der Waals surface area contributed by atoms with Crippen molar-refractivity contribution in [3.63, 3.8) is 0 Å². The molecule has 0 spiro atoms. The highest BCUT2D eigenvalue weighted by molar-refractivity contribution is 5.96. The number of carbonyl (C=O) groups excluding carboxylic acids is 2. The molecule has 124 valence electrons. The monoisotopic (exact) mass is 323 g/mol. The molecule has 0 aliphatic carbocycles. The van der Waals surface area contributed by atoms with Crippen LogP contribution in [0.3, 0.4) is 0 Å². The van der Waals surface area contributed by atoms with Crippen LogP contribution in [0.15, 0.2) is 54.6 Å². The third-order valence-electron chi connectivity index (χ3n) is 4.13. The molecular weight excluding hydrogens is 302 g/mol. The molecule has 2 N–H and O–H groups in total. The van der Waals surface area contributed by atoms with Crippen molar-refractivity contribution >= 4 is 23.3 Å². The van der Waals surface area contributed by atoms with Crippen molar-refractivity contribution in [2.75, 3.05) is 23.3 Å². The maximum Gasteiger partial charge on any atom is 0.319 e. The van der Waals surface area contributed by atoms with Gasteiger partial charge in [0.1, 0.15) is 0 Å². The summed E-state index contributed by atoms with van der Waals surface area (Å²) in [5.74, 6) is 0.230. The number of nitrogens with zero attached hydrogens (tertiary/aromatic N) is 1. The minimum Gasteiger partial charge on any atom is -0.338 e. The highest BCUT2D eigenvalue weighted by Gasteiger charge is 2.30. The molecule has 1 aliphatic rings. The Morgan fingerprint density at radius 3 is 2.54 bits per heavy atom. The van der Waals surface area contributed by atoms with Gasteiger partial charge in [-0.15, -0.1) is 0 Å². The maximum atomic E-state index is 12.2. The van der Waals surface area contributed by atoms with Gasteiger partial charge in [-0.2, -0.15) is 0 Å². The van der Waals surface area contributed by atoms with Crippen LogP contribution in [0.25, 0.3) is 0 Å². The largest absolute Gasteiger partial charge is 0.338 e. The molecule has 0 bridgehead atoms. The Balaban J connectivity index is 1.49. The minimum absolute atomic E-state index is 0.104. The van der Waals surface area contributed by atoms with Gasteiger partial charge in [0.05, 0.1) is 0 Å². The standard InChI is InChI=1S/C19H21N3O2/c1-14-7-9-16(10-8-14)21-19(24)20-12-15-11-18(23)22(13-15)17-5-3-2-4-6-17/h2-10,15H,11-13H2,1H3,(H2,20,21,24)/t15-/m0/s1. The van der Waals surface area contributed by atoms with E-state index in [-0.39, 0.29) is 17.9 Å². The molecule has 24 heavy (non-hydrogen) atoms. The number of amides is 3. The number of benzene rings is 2. The number of nitrogens with one attached hydrogen (secondary N) is 2. The quantitative estimate of drug-likeness (QED) is 0.908. The fourth-order valence-corrected chi connectivity index (χ4v) is 2.82. The first-order chi connectivity index (χ1) is 11.6. The van der Waals surface area contributed by atoms with Crippen LogP contribution < -0.4 is 15.5 Å². The van der Waals surface area contributed by atoms with E-state index < -0.39 is 0 Å². The lowest BCUT2D eigenvalue weighted by Crippen LogP contribution is -2.34. The Morgan fingerprint density at radius 1 is 1.12 bits per heavy atom. The molecular formula is C19H21N3O2. The summed E-state index contributed by atoms with van der Waals surface area (Å²) in [6.07, 6.45) is 0.458. The Kier molecular flexibility index (Phi) is 4.79. The summed E-state index contributed by atoms with van der Waals surface area (Å²) in [7, 11) is 0. The second kappa shape index (κ2) is 7.17. The van der Waals surface area contributed by atoms with E-state index in [4.69, 9.17) is 0 Å². The van der Waals surface area contributed by atoms with Crippen LogP contribution in [0.5, 0.6) is 0 Å². The lowest BCUT2D eigenvalue weighted by molar-refractivity contribution is -0.117. The highest BCUT2D eigenvalue weighted by atomic mass is 16.2. The number of hydrogen-bond donors (Lipinski definition) is 2. The SMILES string of the molecule is Cc1ccc(NC(=O)NC[C@@H]2CC(=O)N(c3ccccc3)C2)cc1. The lowest BCUT2D eigenvalue weighted by atomic mass is 10.1. The zero-order valence-corrected chi connectivity index (χ0v) is 13.7. The van der Waals surface area contributed by atoms with Gasteiger partial charge in [-0.25, -0.2) is 4.79 Å². The molecule has 2 aromatic rings. The fraction of sp³-hybridized carbons (Fsp3) is 0.263. The number of aryl methyl sites for hydroxylation is 1.